The second-order valence-corrected chi connectivity index (χ2v) is 9.06. The number of benzene rings is 2. The standard InChI is InChI=1S/C23H26N2S2/c1-4-6-8-19(7-5-2)26-21-14-13-20-16(3)25-27-23(20)22(21)18-11-9-17(15-24)10-12-18/h9-14,19H,4-8H2,1-3H3. The third kappa shape index (κ3) is 4.54. The number of nitriles is 1. The van der Waals surface area contributed by atoms with Gasteiger partial charge in [0.05, 0.1) is 22.0 Å². The average Bonchev–Trinajstić information content (AvgIpc) is 3.07. The van der Waals surface area contributed by atoms with E-state index in [1.54, 1.807) is 11.5 Å². The van der Waals surface area contributed by atoms with Crippen molar-refractivity contribution in [1.29, 1.82) is 5.26 Å². The van der Waals surface area contributed by atoms with Gasteiger partial charge in [0.1, 0.15) is 0 Å². The highest BCUT2D eigenvalue weighted by molar-refractivity contribution is 8.00. The lowest BCUT2D eigenvalue weighted by molar-refractivity contribution is 0.639. The molecule has 1 aromatic heterocycles. The summed E-state index contributed by atoms with van der Waals surface area (Å²) >= 11 is 3.61. The molecule has 0 fully saturated rings. The fourth-order valence-corrected chi connectivity index (χ4v) is 5.89. The number of unbranched alkanes of at least 4 members (excludes halogenated alkanes) is 1. The van der Waals surface area contributed by atoms with Crippen molar-refractivity contribution in [1.82, 2.24) is 4.37 Å². The Hall–Kier alpha value is -1.83. The summed E-state index contributed by atoms with van der Waals surface area (Å²) in [5.41, 5.74) is 4.26. The van der Waals surface area contributed by atoms with Crippen LogP contribution in [-0.4, -0.2) is 9.62 Å². The highest BCUT2D eigenvalue weighted by atomic mass is 32.2. The molecule has 0 saturated heterocycles. The number of hydrogen-bond donors (Lipinski definition) is 0. The van der Waals surface area contributed by atoms with Crippen molar-refractivity contribution in [3.05, 3.63) is 47.7 Å². The maximum absolute atomic E-state index is 9.13. The molecule has 27 heavy (non-hydrogen) atoms. The number of fused-ring (bicyclic) bond motifs is 1. The van der Waals surface area contributed by atoms with E-state index in [9.17, 15) is 0 Å². The van der Waals surface area contributed by atoms with Crippen LogP contribution in [0.4, 0.5) is 0 Å². The van der Waals surface area contributed by atoms with Gasteiger partial charge in [0.2, 0.25) is 0 Å². The smallest absolute Gasteiger partial charge is 0.0991 e. The van der Waals surface area contributed by atoms with Crippen molar-refractivity contribution >= 4 is 33.4 Å². The lowest BCUT2D eigenvalue weighted by Gasteiger charge is -2.18. The second kappa shape index (κ2) is 9.39. The average molecular weight is 395 g/mol. The summed E-state index contributed by atoms with van der Waals surface area (Å²) in [5.74, 6) is 0. The first kappa shape index (κ1) is 19.9. The van der Waals surface area contributed by atoms with Gasteiger partial charge in [-0.3, -0.25) is 0 Å². The molecule has 0 spiro atoms. The zero-order valence-electron chi connectivity index (χ0n) is 16.3. The zero-order chi connectivity index (χ0) is 19.2. The molecule has 3 aromatic rings. The van der Waals surface area contributed by atoms with Crippen molar-refractivity contribution in [3.63, 3.8) is 0 Å². The third-order valence-corrected chi connectivity index (χ3v) is 7.24. The lowest BCUT2D eigenvalue weighted by Crippen LogP contribution is -2.02. The SMILES string of the molecule is CCCCC(CCC)Sc1ccc2c(C)nsc2c1-c1ccc(C#N)cc1. The minimum Gasteiger partial charge on any atom is -0.197 e. The molecular formula is C23H26N2S2. The molecular weight excluding hydrogens is 368 g/mol. The molecule has 0 aliphatic heterocycles. The van der Waals surface area contributed by atoms with Gasteiger partial charge in [0.25, 0.3) is 0 Å². The second-order valence-electron chi connectivity index (χ2n) is 6.94. The molecule has 0 amide bonds. The van der Waals surface area contributed by atoms with E-state index in [2.05, 4.69) is 55.5 Å². The maximum Gasteiger partial charge on any atom is 0.0991 e. The minimum atomic E-state index is 0.651. The largest absolute Gasteiger partial charge is 0.197 e. The fraction of sp³-hybridized carbons (Fsp3) is 0.391. The van der Waals surface area contributed by atoms with E-state index in [0.29, 0.717) is 10.8 Å². The molecule has 0 N–H and O–H groups in total. The Morgan fingerprint density at radius 1 is 1.07 bits per heavy atom. The molecule has 0 bridgehead atoms. The molecule has 1 unspecified atom stereocenters. The molecule has 0 aliphatic carbocycles. The predicted octanol–water partition coefficient (Wildman–Crippen LogP) is 7.59. The molecule has 1 heterocycles. The Labute approximate surface area is 170 Å². The maximum atomic E-state index is 9.13. The molecule has 2 aromatic carbocycles. The van der Waals surface area contributed by atoms with Gasteiger partial charge in [0.15, 0.2) is 0 Å². The zero-order valence-corrected chi connectivity index (χ0v) is 17.9. The number of rotatable bonds is 8. The van der Waals surface area contributed by atoms with Crippen LogP contribution in [0.3, 0.4) is 0 Å². The molecule has 1 atom stereocenters. The Balaban J connectivity index is 2.07. The number of aryl methyl sites for hydroxylation is 1. The first-order valence-corrected chi connectivity index (χ1v) is 11.4. The molecule has 0 aliphatic rings. The molecule has 140 valence electrons. The Bertz CT molecular complexity index is 935. The first-order valence-electron chi connectivity index (χ1n) is 9.74. The highest BCUT2D eigenvalue weighted by Crippen LogP contribution is 2.43. The fourth-order valence-electron chi connectivity index (χ4n) is 3.39. The highest BCUT2D eigenvalue weighted by Gasteiger charge is 2.18. The topological polar surface area (TPSA) is 36.7 Å². The number of thioether (sulfide) groups is 1. The van der Waals surface area contributed by atoms with Crippen LogP contribution in [-0.2, 0) is 0 Å². The van der Waals surface area contributed by atoms with Crippen molar-refractivity contribution in [3.8, 4) is 17.2 Å². The summed E-state index contributed by atoms with van der Waals surface area (Å²) in [6, 6.07) is 14.7. The van der Waals surface area contributed by atoms with E-state index < -0.39 is 0 Å². The van der Waals surface area contributed by atoms with Crippen molar-refractivity contribution in [2.75, 3.05) is 0 Å². The van der Waals surface area contributed by atoms with Crippen LogP contribution in [0.15, 0.2) is 41.3 Å². The Morgan fingerprint density at radius 2 is 1.85 bits per heavy atom. The van der Waals surface area contributed by atoms with Crippen molar-refractivity contribution < 1.29 is 0 Å². The van der Waals surface area contributed by atoms with Gasteiger partial charge in [-0.2, -0.15) is 9.64 Å². The quantitative estimate of drug-likeness (QED) is 0.369. The van der Waals surface area contributed by atoms with E-state index >= 15 is 0 Å². The van der Waals surface area contributed by atoms with E-state index in [0.717, 1.165) is 5.69 Å². The minimum absolute atomic E-state index is 0.651. The van der Waals surface area contributed by atoms with Crippen molar-refractivity contribution in [2.45, 2.75) is 63.0 Å². The van der Waals surface area contributed by atoms with E-state index in [-0.39, 0.29) is 0 Å². The van der Waals surface area contributed by atoms with Crippen LogP contribution in [0.2, 0.25) is 0 Å². The molecule has 0 radical (unpaired) electrons. The number of hydrogen-bond acceptors (Lipinski definition) is 4. The number of nitrogens with zero attached hydrogens (tertiary/aromatic N) is 2. The van der Waals surface area contributed by atoms with Crippen LogP contribution >= 0.6 is 23.3 Å². The lowest BCUT2D eigenvalue weighted by atomic mass is 10.0. The third-order valence-electron chi connectivity index (χ3n) is 4.87. The molecule has 3 rings (SSSR count). The predicted molar refractivity (Wildman–Crippen MR) is 119 cm³/mol. The van der Waals surface area contributed by atoms with Crippen LogP contribution in [0.5, 0.6) is 0 Å². The van der Waals surface area contributed by atoms with Crippen LogP contribution in [0.1, 0.15) is 57.2 Å². The molecule has 0 saturated carbocycles. The number of aromatic nitrogens is 1. The summed E-state index contributed by atoms with van der Waals surface area (Å²) in [6.07, 6.45) is 6.26. The van der Waals surface area contributed by atoms with Gasteiger partial charge in [-0.25, -0.2) is 0 Å². The summed E-state index contributed by atoms with van der Waals surface area (Å²) < 4.78 is 5.86. The van der Waals surface area contributed by atoms with Gasteiger partial charge >= 0.3 is 0 Å². The van der Waals surface area contributed by atoms with E-state index in [1.165, 1.54) is 58.2 Å². The van der Waals surface area contributed by atoms with Gasteiger partial charge in [-0.1, -0.05) is 51.3 Å². The van der Waals surface area contributed by atoms with Gasteiger partial charge < -0.3 is 0 Å². The van der Waals surface area contributed by atoms with Crippen LogP contribution in [0.25, 0.3) is 21.2 Å². The monoisotopic (exact) mass is 394 g/mol. The summed E-state index contributed by atoms with van der Waals surface area (Å²) in [5, 5.41) is 11.0. The van der Waals surface area contributed by atoms with Gasteiger partial charge in [-0.05, 0) is 55.1 Å². The molecule has 4 heteroatoms. The van der Waals surface area contributed by atoms with Crippen molar-refractivity contribution in [2.24, 2.45) is 0 Å². The van der Waals surface area contributed by atoms with Gasteiger partial charge in [-0.15, -0.1) is 11.8 Å². The van der Waals surface area contributed by atoms with E-state index in [4.69, 9.17) is 5.26 Å². The van der Waals surface area contributed by atoms with Crippen LogP contribution < -0.4 is 0 Å². The van der Waals surface area contributed by atoms with E-state index in [1.807, 2.05) is 23.9 Å². The Morgan fingerprint density at radius 3 is 2.52 bits per heavy atom. The van der Waals surface area contributed by atoms with Gasteiger partial charge in [0, 0.05) is 21.1 Å². The molecule has 2 nitrogen and oxygen atoms in total. The van der Waals surface area contributed by atoms with Crippen LogP contribution in [0, 0.1) is 18.3 Å². The normalized spacial score (nSPS) is 12.2. The first-order chi connectivity index (χ1) is 13.2. The summed E-state index contributed by atoms with van der Waals surface area (Å²) in [6.45, 7) is 6.62. The summed E-state index contributed by atoms with van der Waals surface area (Å²) in [4.78, 5) is 1.34. The summed E-state index contributed by atoms with van der Waals surface area (Å²) in [7, 11) is 0. The Kier molecular flexibility index (Phi) is 6.93.